The molecule has 2 aromatic carbocycles. The fourth-order valence-corrected chi connectivity index (χ4v) is 5.37. The number of piperazine rings is 1. The van der Waals surface area contributed by atoms with E-state index in [1.54, 1.807) is 6.07 Å². The van der Waals surface area contributed by atoms with Gasteiger partial charge < -0.3 is 22.2 Å². The Morgan fingerprint density at radius 2 is 1.48 bits per heavy atom. The SMILES string of the molecule is FC(F)(F)c1ccc2c(c1)N(CCCN1CCN(CCCl)CC1)c1ccccc1S2.[Cl-]. The largest absolute Gasteiger partial charge is 1.00 e. The molecule has 170 valence electrons. The lowest BCUT2D eigenvalue weighted by Gasteiger charge is -2.36. The van der Waals surface area contributed by atoms with Crippen molar-refractivity contribution in [2.45, 2.75) is 22.4 Å². The predicted octanol–water partition coefficient (Wildman–Crippen LogP) is 2.56. The second kappa shape index (κ2) is 10.7. The average molecular weight is 491 g/mol. The number of fused-ring (bicyclic) bond motifs is 2. The van der Waals surface area contributed by atoms with Crippen LogP contribution in [0.15, 0.2) is 52.3 Å². The van der Waals surface area contributed by atoms with Crippen molar-refractivity contribution in [3.05, 3.63) is 48.0 Å². The van der Waals surface area contributed by atoms with Gasteiger partial charge in [0.15, 0.2) is 0 Å². The molecule has 1 fully saturated rings. The van der Waals surface area contributed by atoms with Crippen LogP contribution in [0.25, 0.3) is 0 Å². The van der Waals surface area contributed by atoms with E-state index in [-0.39, 0.29) is 12.4 Å². The minimum Gasteiger partial charge on any atom is -1.00 e. The molecule has 0 spiro atoms. The van der Waals surface area contributed by atoms with Crippen LogP contribution < -0.4 is 17.3 Å². The molecule has 1 saturated heterocycles. The number of halogens is 5. The highest BCUT2D eigenvalue weighted by Crippen LogP contribution is 2.49. The molecule has 2 aliphatic rings. The lowest BCUT2D eigenvalue weighted by Crippen LogP contribution is -3.00. The van der Waals surface area contributed by atoms with Crippen LogP contribution in [0.5, 0.6) is 0 Å². The quantitative estimate of drug-likeness (QED) is 0.575. The molecule has 4 rings (SSSR count). The molecule has 9 heteroatoms. The van der Waals surface area contributed by atoms with Crippen LogP contribution in [0.1, 0.15) is 12.0 Å². The van der Waals surface area contributed by atoms with Gasteiger partial charge in [-0.2, -0.15) is 13.2 Å². The summed E-state index contributed by atoms with van der Waals surface area (Å²) in [4.78, 5) is 8.81. The Labute approximate surface area is 196 Å². The topological polar surface area (TPSA) is 9.72 Å². The zero-order chi connectivity index (χ0) is 21.1. The highest BCUT2D eigenvalue weighted by atomic mass is 35.5. The van der Waals surface area contributed by atoms with E-state index in [9.17, 15) is 13.2 Å². The molecule has 0 aromatic heterocycles. The Balaban J connectivity index is 0.00000272. The van der Waals surface area contributed by atoms with Crippen molar-refractivity contribution in [3.63, 3.8) is 0 Å². The van der Waals surface area contributed by atoms with Gasteiger partial charge in [0.25, 0.3) is 0 Å². The lowest BCUT2D eigenvalue weighted by molar-refractivity contribution is -0.137. The first-order valence-corrected chi connectivity index (χ1v) is 11.6. The van der Waals surface area contributed by atoms with Gasteiger partial charge >= 0.3 is 6.18 Å². The van der Waals surface area contributed by atoms with Gasteiger partial charge in [-0.3, -0.25) is 4.90 Å². The minimum atomic E-state index is -4.34. The van der Waals surface area contributed by atoms with E-state index in [2.05, 4.69) is 14.7 Å². The Morgan fingerprint density at radius 1 is 0.839 bits per heavy atom. The van der Waals surface area contributed by atoms with E-state index in [1.807, 2.05) is 24.3 Å². The zero-order valence-electron chi connectivity index (χ0n) is 17.0. The molecule has 2 aromatic rings. The van der Waals surface area contributed by atoms with Gasteiger partial charge in [0, 0.05) is 54.9 Å². The first-order valence-electron chi connectivity index (χ1n) is 10.2. The summed E-state index contributed by atoms with van der Waals surface area (Å²) in [5.41, 5.74) is 1.04. The van der Waals surface area contributed by atoms with Crippen molar-refractivity contribution in [1.82, 2.24) is 9.80 Å². The highest BCUT2D eigenvalue weighted by molar-refractivity contribution is 7.99. The molecule has 2 heterocycles. The van der Waals surface area contributed by atoms with Gasteiger partial charge in [0.1, 0.15) is 0 Å². The third kappa shape index (κ3) is 5.82. The third-order valence-corrected chi connectivity index (χ3v) is 6.97. The Kier molecular flexibility index (Phi) is 8.44. The Bertz CT molecular complexity index is 873. The summed E-state index contributed by atoms with van der Waals surface area (Å²) < 4.78 is 40.0. The molecule has 0 unspecified atom stereocenters. The average Bonchev–Trinajstić information content (AvgIpc) is 2.73. The van der Waals surface area contributed by atoms with Crippen LogP contribution in [0.3, 0.4) is 0 Å². The molecule has 3 nitrogen and oxygen atoms in total. The second-order valence-electron chi connectivity index (χ2n) is 7.63. The maximum absolute atomic E-state index is 13.3. The first kappa shape index (κ1) is 24.5. The molecule has 0 atom stereocenters. The minimum absolute atomic E-state index is 0. The van der Waals surface area contributed by atoms with Crippen LogP contribution in [0.4, 0.5) is 24.5 Å². The summed E-state index contributed by atoms with van der Waals surface area (Å²) in [6.07, 6.45) is -3.45. The fraction of sp³-hybridized carbons (Fsp3) is 0.455. The number of alkyl halides is 4. The van der Waals surface area contributed by atoms with Crippen molar-refractivity contribution < 1.29 is 25.6 Å². The normalized spacial score (nSPS) is 17.1. The zero-order valence-corrected chi connectivity index (χ0v) is 19.4. The maximum atomic E-state index is 13.3. The predicted molar refractivity (Wildman–Crippen MR) is 117 cm³/mol. The molecule has 31 heavy (non-hydrogen) atoms. The van der Waals surface area contributed by atoms with Gasteiger partial charge in [-0.15, -0.1) is 11.6 Å². The molecule has 0 saturated carbocycles. The van der Waals surface area contributed by atoms with Crippen molar-refractivity contribution in [2.24, 2.45) is 0 Å². The highest BCUT2D eigenvalue weighted by Gasteiger charge is 2.33. The van der Waals surface area contributed by atoms with E-state index >= 15 is 0 Å². The molecular weight excluding hydrogens is 466 g/mol. The van der Waals surface area contributed by atoms with Gasteiger partial charge in [-0.05, 0) is 43.3 Å². The van der Waals surface area contributed by atoms with Crippen LogP contribution in [-0.4, -0.2) is 61.5 Å². The summed E-state index contributed by atoms with van der Waals surface area (Å²) in [7, 11) is 0. The fourth-order valence-electron chi connectivity index (χ4n) is 4.05. The number of anilines is 2. The van der Waals surface area contributed by atoms with Crippen LogP contribution in [-0.2, 0) is 6.18 Å². The van der Waals surface area contributed by atoms with Crippen molar-refractivity contribution in [2.75, 3.05) is 56.6 Å². The van der Waals surface area contributed by atoms with E-state index in [4.69, 9.17) is 11.6 Å². The van der Waals surface area contributed by atoms with Crippen molar-refractivity contribution >= 4 is 34.7 Å². The van der Waals surface area contributed by atoms with E-state index in [0.29, 0.717) is 18.1 Å². The van der Waals surface area contributed by atoms with Crippen LogP contribution in [0, 0.1) is 0 Å². The first-order chi connectivity index (χ1) is 14.5. The van der Waals surface area contributed by atoms with Gasteiger partial charge in [-0.1, -0.05) is 23.9 Å². The van der Waals surface area contributed by atoms with Gasteiger partial charge in [0.2, 0.25) is 0 Å². The second-order valence-corrected chi connectivity index (χ2v) is 9.09. The molecule has 0 aliphatic carbocycles. The molecule has 0 bridgehead atoms. The lowest BCUT2D eigenvalue weighted by atomic mass is 10.1. The third-order valence-electron chi connectivity index (χ3n) is 5.67. The maximum Gasteiger partial charge on any atom is 0.416 e. The van der Waals surface area contributed by atoms with Crippen molar-refractivity contribution in [1.29, 1.82) is 0 Å². The number of hydrogen-bond acceptors (Lipinski definition) is 4. The van der Waals surface area contributed by atoms with Crippen LogP contribution in [0.2, 0.25) is 0 Å². The summed E-state index contributed by atoms with van der Waals surface area (Å²) in [5.74, 6) is 0.658. The summed E-state index contributed by atoms with van der Waals surface area (Å²) in [6.45, 7) is 6.62. The summed E-state index contributed by atoms with van der Waals surface area (Å²) in [5, 5.41) is 0. The summed E-state index contributed by atoms with van der Waals surface area (Å²) in [6, 6.07) is 12.0. The van der Waals surface area contributed by atoms with E-state index in [1.165, 1.54) is 23.9 Å². The molecule has 0 amide bonds. The van der Waals surface area contributed by atoms with Gasteiger partial charge in [0.05, 0.1) is 16.9 Å². The molecule has 0 N–H and O–H groups in total. The summed E-state index contributed by atoms with van der Waals surface area (Å²) >= 11 is 7.37. The Morgan fingerprint density at radius 3 is 2.16 bits per heavy atom. The van der Waals surface area contributed by atoms with E-state index < -0.39 is 11.7 Å². The standard InChI is InChI=1S/C22H25ClF3N3S.ClH/c23-8-11-28-14-12-27(13-15-28)9-3-10-29-18-4-1-2-5-20(18)30-21-7-6-17(16-19(21)29)22(24,25)26;/h1-2,4-7,16H,3,8-15H2;1H/p-1. The number of benzene rings is 2. The van der Waals surface area contributed by atoms with E-state index in [0.717, 1.165) is 61.2 Å². The number of rotatable bonds is 6. The van der Waals surface area contributed by atoms with Crippen molar-refractivity contribution in [3.8, 4) is 0 Å². The monoisotopic (exact) mass is 490 g/mol. The van der Waals surface area contributed by atoms with Gasteiger partial charge in [-0.25, -0.2) is 0 Å². The number of hydrogen-bond donors (Lipinski definition) is 0. The molecule has 0 radical (unpaired) electrons. The number of para-hydroxylation sites is 1. The smallest absolute Gasteiger partial charge is 0.416 e. The number of nitrogens with zero attached hydrogens (tertiary/aromatic N) is 3. The van der Waals surface area contributed by atoms with Crippen LogP contribution >= 0.6 is 23.4 Å². The Hall–Kier alpha value is -1.12. The molecular formula is C22H25Cl2F3N3S-. The molecule has 2 aliphatic heterocycles.